The third kappa shape index (κ3) is 5.68. The first-order valence-electron chi connectivity index (χ1n) is 16.6. The predicted octanol–water partition coefficient (Wildman–Crippen LogP) is 8.03. The number of nitrogen functional groups attached to an aromatic ring is 1. The molecule has 2 aromatic rings. The smallest absolute Gasteiger partial charge is 0.0770 e. The number of anilines is 1. The highest BCUT2D eigenvalue weighted by Crippen LogP contribution is 2.67. The van der Waals surface area contributed by atoms with Crippen molar-refractivity contribution < 1.29 is 0 Å². The van der Waals surface area contributed by atoms with Gasteiger partial charge in [0.15, 0.2) is 0 Å². The van der Waals surface area contributed by atoms with Crippen LogP contribution in [0.3, 0.4) is 0 Å². The number of aryl methyl sites for hydroxylation is 1. The van der Waals surface area contributed by atoms with Gasteiger partial charge in [0, 0.05) is 46.1 Å². The zero-order valence-corrected chi connectivity index (χ0v) is 26.6. The Morgan fingerprint density at radius 1 is 0.933 bits per heavy atom. The lowest BCUT2D eigenvalue weighted by Crippen LogP contribution is -2.38. The van der Waals surface area contributed by atoms with E-state index in [9.17, 15) is 0 Å². The third-order valence-electron chi connectivity index (χ3n) is 10.3. The minimum atomic E-state index is -0.0737. The molecule has 1 spiro atoms. The van der Waals surface area contributed by atoms with Gasteiger partial charge in [0.05, 0.1) is 11.1 Å². The van der Waals surface area contributed by atoms with Crippen molar-refractivity contribution in [1.82, 2.24) is 10.2 Å². The predicted molar refractivity (Wildman–Crippen MR) is 188 cm³/mol. The number of rotatable bonds is 5. The maximum absolute atomic E-state index is 6.46. The second-order valence-electron chi connectivity index (χ2n) is 13.6. The Morgan fingerprint density at radius 2 is 1.71 bits per heavy atom. The summed E-state index contributed by atoms with van der Waals surface area (Å²) in [5.41, 5.74) is 19.8. The first-order chi connectivity index (χ1) is 21.9. The molecule has 5 N–H and O–H groups in total. The normalized spacial score (nSPS) is 33.9. The number of nitrogens with zero attached hydrogens (tertiary/aromatic N) is 1. The van der Waals surface area contributed by atoms with Crippen molar-refractivity contribution in [3.8, 4) is 0 Å². The highest BCUT2D eigenvalue weighted by Gasteiger charge is 2.68. The number of hydrogen-bond acceptors (Lipinski definition) is 4. The van der Waals surface area contributed by atoms with Gasteiger partial charge < -0.3 is 21.7 Å². The number of nitrogens with two attached hydrogens (primary N) is 2. The van der Waals surface area contributed by atoms with E-state index in [4.69, 9.17) is 11.5 Å². The summed E-state index contributed by atoms with van der Waals surface area (Å²) in [6.45, 7) is 4.23. The van der Waals surface area contributed by atoms with Crippen LogP contribution in [0.5, 0.6) is 0 Å². The Hall–Kier alpha value is -4.28. The molecule has 230 valence electrons. The SMILES string of the molecule is C/C=C\C1(NC2=CC=CCC2)CC1C1=CC2=CC=CC3CC23N1C1=CC2CC2(N)C=C1.Cc1ccccc1.Nc1ccccc1. The number of allylic oxidation sites excluding steroid dienone is 8. The van der Waals surface area contributed by atoms with Gasteiger partial charge in [0.2, 0.25) is 0 Å². The molecule has 0 amide bonds. The molecule has 6 aliphatic carbocycles. The molecule has 0 bridgehead atoms. The molecule has 45 heavy (non-hydrogen) atoms. The summed E-state index contributed by atoms with van der Waals surface area (Å²) in [7, 11) is 0. The van der Waals surface area contributed by atoms with Gasteiger partial charge in [0.1, 0.15) is 0 Å². The van der Waals surface area contributed by atoms with Crippen LogP contribution in [0.25, 0.3) is 0 Å². The minimum absolute atomic E-state index is 0.0362. The van der Waals surface area contributed by atoms with Crippen LogP contribution in [0.1, 0.15) is 44.6 Å². The van der Waals surface area contributed by atoms with Gasteiger partial charge in [-0.25, -0.2) is 0 Å². The Labute approximate surface area is 269 Å². The van der Waals surface area contributed by atoms with Crippen molar-refractivity contribution in [1.29, 1.82) is 0 Å². The average Bonchev–Trinajstić information content (AvgIpc) is 3.99. The molecule has 0 saturated heterocycles. The number of benzene rings is 2. The van der Waals surface area contributed by atoms with Crippen LogP contribution in [-0.4, -0.2) is 21.5 Å². The molecule has 1 heterocycles. The van der Waals surface area contributed by atoms with Crippen LogP contribution < -0.4 is 16.8 Å². The van der Waals surface area contributed by atoms with E-state index in [2.05, 4.69) is 109 Å². The van der Waals surface area contributed by atoms with Gasteiger partial charge in [-0.3, -0.25) is 0 Å². The lowest BCUT2D eigenvalue weighted by molar-refractivity contribution is 0.327. The Balaban J connectivity index is 0.000000192. The Morgan fingerprint density at radius 3 is 2.33 bits per heavy atom. The van der Waals surface area contributed by atoms with Crippen LogP contribution >= 0.6 is 0 Å². The number of hydrogen-bond donors (Lipinski definition) is 3. The van der Waals surface area contributed by atoms with Gasteiger partial charge >= 0.3 is 0 Å². The fraction of sp³-hybridized carbons (Fsp3) is 0.317. The van der Waals surface area contributed by atoms with E-state index < -0.39 is 0 Å². The van der Waals surface area contributed by atoms with Crippen LogP contribution in [-0.2, 0) is 0 Å². The van der Waals surface area contributed by atoms with E-state index in [-0.39, 0.29) is 16.6 Å². The molecule has 0 aromatic heterocycles. The Kier molecular flexibility index (Phi) is 7.57. The van der Waals surface area contributed by atoms with E-state index in [0.717, 1.165) is 31.4 Å². The highest BCUT2D eigenvalue weighted by atomic mass is 15.3. The molecule has 3 saturated carbocycles. The van der Waals surface area contributed by atoms with Gasteiger partial charge in [-0.05, 0) is 81.9 Å². The van der Waals surface area contributed by atoms with Crippen molar-refractivity contribution >= 4 is 5.69 Å². The van der Waals surface area contributed by atoms with Crippen molar-refractivity contribution in [3.05, 3.63) is 162 Å². The lowest BCUT2D eigenvalue weighted by Gasteiger charge is -2.35. The molecule has 6 unspecified atom stereocenters. The van der Waals surface area contributed by atoms with E-state index >= 15 is 0 Å². The molecule has 2 aromatic carbocycles. The molecule has 0 radical (unpaired) electrons. The monoisotopic (exact) mass is 594 g/mol. The molecule has 7 aliphatic rings. The van der Waals surface area contributed by atoms with Crippen molar-refractivity contribution in [2.75, 3.05) is 5.73 Å². The van der Waals surface area contributed by atoms with Crippen LogP contribution in [0, 0.1) is 24.7 Å². The second-order valence-corrected chi connectivity index (χ2v) is 13.6. The van der Waals surface area contributed by atoms with E-state index in [1.54, 1.807) is 0 Å². The molecule has 3 fully saturated rings. The number of nitrogens with one attached hydrogen (secondary N) is 1. The van der Waals surface area contributed by atoms with E-state index in [1.165, 1.54) is 34.6 Å². The molecular formula is C41H46N4. The summed E-state index contributed by atoms with van der Waals surface area (Å²) in [5, 5.41) is 3.95. The molecule has 1 aliphatic heterocycles. The minimum Gasteiger partial charge on any atom is -0.399 e. The van der Waals surface area contributed by atoms with Gasteiger partial charge in [0.25, 0.3) is 0 Å². The average molecular weight is 595 g/mol. The van der Waals surface area contributed by atoms with Gasteiger partial charge in [-0.15, -0.1) is 0 Å². The summed E-state index contributed by atoms with van der Waals surface area (Å²) >= 11 is 0. The van der Waals surface area contributed by atoms with Crippen molar-refractivity contribution in [3.63, 3.8) is 0 Å². The van der Waals surface area contributed by atoms with Crippen LogP contribution in [0.2, 0.25) is 0 Å². The molecule has 4 nitrogen and oxygen atoms in total. The second kappa shape index (κ2) is 11.6. The highest BCUT2D eigenvalue weighted by molar-refractivity contribution is 5.60. The molecule has 4 heteroatoms. The maximum Gasteiger partial charge on any atom is 0.0770 e. The number of para-hydroxylation sites is 1. The van der Waals surface area contributed by atoms with E-state index in [0.29, 0.717) is 17.8 Å². The summed E-state index contributed by atoms with van der Waals surface area (Å²) in [6.07, 6.45) is 33.6. The van der Waals surface area contributed by atoms with Crippen molar-refractivity contribution in [2.45, 2.75) is 62.6 Å². The largest absolute Gasteiger partial charge is 0.399 e. The summed E-state index contributed by atoms with van der Waals surface area (Å²) in [5.74, 6) is 1.63. The zero-order valence-electron chi connectivity index (χ0n) is 26.6. The fourth-order valence-electron chi connectivity index (χ4n) is 7.60. The third-order valence-corrected chi connectivity index (χ3v) is 10.3. The summed E-state index contributed by atoms with van der Waals surface area (Å²) in [6, 6.07) is 19.7. The summed E-state index contributed by atoms with van der Waals surface area (Å²) in [4.78, 5) is 2.72. The zero-order chi connectivity index (χ0) is 31.1. The Bertz CT molecular complexity index is 1630. The number of fused-ring (bicyclic) bond motifs is 1. The van der Waals surface area contributed by atoms with Gasteiger partial charge in [-0.2, -0.15) is 0 Å². The summed E-state index contributed by atoms with van der Waals surface area (Å²) < 4.78 is 0. The van der Waals surface area contributed by atoms with Crippen LogP contribution in [0.4, 0.5) is 5.69 Å². The molecule has 9 rings (SSSR count). The first kappa shape index (κ1) is 29.4. The first-order valence-corrected chi connectivity index (χ1v) is 16.6. The van der Waals surface area contributed by atoms with Gasteiger partial charge in [-0.1, -0.05) is 109 Å². The topological polar surface area (TPSA) is 67.3 Å². The lowest BCUT2D eigenvalue weighted by atomic mass is 9.98. The van der Waals surface area contributed by atoms with Crippen molar-refractivity contribution in [2.24, 2.45) is 23.5 Å². The fourth-order valence-corrected chi connectivity index (χ4v) is 7.60. The standard InChI is InChI=1S/C28H31N3.C7H8.C6H7N/c1-2-12-27(30-22-9-4-3-5-10-22)18-24(27)25-15-19-7-6-8-20-17-28(19,20)31(25)23-11-13-26(29)16-21(26)14-23;1-7-5-3-2-4-6-7;7-6-4-2-1-3-5-6/h2-4,6-9,11-15,20-21,24,30H,5,10,16-18,29H2,1H3;2-6H,1H3;1-5H,7H2/b12-2-;;. The maximum atomic E-state index is 6.46. The molecule has 6 atom stereocenters. The van der Waals surface area contributed by atoms with Crippen LogP contribution in [0.15, 0.2) is 156 Å². The quantitative estimate of drug-likeness (QED) is 0.242. The van der Waals surface area contributed by atoms with E-state index in [1.807, 2.05) is 48.5 Å². The molecular weight excluding hydrogens is 548 g/mol.